The Morgan fingerprint density at radius 1 is 0.538 bits per heavy atom. The van der Waals surface area contributed by atoms with Gasteiger partial charge in [0.05, 0.1) is 0 Å². The topological polar surface area (TPSA) is 9.23 Å². The summed E-state index contributed by atoms with van der Waals surface area (Å²) >= 11 is 0. The first kappa shape index (κ1) is 34.6. The van der Waals surface area contributed by atoms with Crippen LogP contribution in [0.15, 0.2) is 25.3 Å². The van der Waals surface area contributed by atoms with E-state index >= 15 is 0 Å². The molecule has 2 aliphatic carbocycles. The van der Waals surface area contributed by atoms with E-state index in [0.717, 1.165) is 36.9 Å². The van der Waals surface area contributed by atoms with Crippen LogP contribution in [0.25, 0.3) is 0 Å². The van der Waals surface area contributed by atoms with Crippen LogP contribution in [0.3, 0.4) is 0 Å². The minimum absolute atomic E-state index is 0.550. The minimum Gasteiger partial charge on any atom is -0.381 e. The molecule has 0 spiro atoms. The molecule has 2 fully saturated rings. The highest BCUT2D eigenvalue weighted by molar-refractivity contribution is 4.89. The third kappa shape index (κ3) is 15.3. The maximum absolute atomic E-state index is 5.93. The van der Waals surface area contributed by atoms with Crippen molar-refractivity contribution in [2.24, 2.45) is 34.5 Å². The van der Waals surface area contributed by atoms with Gasteiger partial charge in [-0.15, -0.1) is 13.2 Å². The molecule has 0 saturated heterocycles. The molecule has 2 saturated carbocycles. The zero-order valence-electron chi connectivity index (χ0n) is 27.3. The Labute approximate surface area is 246 Å². The lowest BCUT2D eigenvalue weighted by molar-refractivity contribution is 0.111. The van der Waals surface area contributed by atoms with Gasteiger partial charge in [0.2, 0.25) is 0 Å². The highest BCUT2D eigenvalue weighted by Gasteiger charge is 2.34. The van der Waals surface area contributed by atoms with Crippen molar-refractivity contribution in [2.45, 2.75) is 169 Å². The zero-order valence-corrected chi connectivity index (χ0v) is 27.3. The van der Waals surface area contributed by atoms with Crippen LogP contribution >= 0.6 is 0 Å². The van der Waals surface area contributed by atoms with Gasteiger partial charge in [-0.05, 0) is 98.7 Å². The van der Waals surface area contributed by atoms with E-state index in [1.165, 1.54) is 141 Å². The minimum atomic E-state index is 0.550. The summed E-state index contributed by atoms with van der Waals surface area (Å²) in [6.07, 6.45) is 34.8. The van der Waals surface area contributed by atoms with E-state index in [9.17, 15) is 0 Å². The predicted molar refractivity (Wildman–Crippen MR) is 174 cm³/mol. The van der Waals surface area contributed by atoms with Crippen LogP contribution in [0, 0.1) is 34.5 Å². The summed E-state index contributed by atoms with van der Waals surface area (Å²) in [5, 5.41) is 0. The molecule has 0 amide bonds. The van der Waals surface area contributed by atoms with E-state index in [1.54, 1.807) is 0 Å². The molecule has 1 heteroatoms. The Kier molecular flexibility index (Phi) is 17.4. The van der Waals surface area contributed by atoms with Crippen LogP contribution < -0.4 is 0 Å². The van der Waals surface area contributed by atoms with Crippen molar-refractivity contribution in [3.05, 3.63) is 25.3 Å². The normalized spacial score (nSPS) is 26.4. The molecule has 0 N–H and O–H groups in total. The molecule has 0 aromatic carbocycles. The molecule has 0 aromatic rings. The summed E-state index contributed by atoms with van der Waals surface area (Å²) in [7, 11) is 0. The smallest absolute Gasteiger partial charge is 0.0466 e. The SMILES string of the molecule is C=CC[C@@H]1CC(C)(C)CC[C@H]1CCCCCCCCOCCCCCCCC[C@@H]1CCC(C)(C)C[C@H]1CC=C. The summed E-state index contributed by atoms with van der Waals surface area (Å²) in [6, 6.07) is 0. The molecule has 0 heterocycles. The van der Waals surface area contributed by atoms with E-state index in [0.29, 0.717) is 10.8 Å². The first-order valence-electron chi connectivity index (χ1n) is 17.6. The Balaban J connectivity index is 1.33. The van der Waals surface area contributed by atoms with Gasteiger partial charge in [0, 0.05) is 13.2 Å². The summed E-state index contributed by atoms with van der Waals surface area (Å²) in [6.45, 7) is 19.9. The Morgan fingerprint density at radius 2 is 0.897 bits per heavy atom. The van der Waals surface area contributed by atoms with Gasteiger partial charge >= 0.3 is 0 Å². The maximum atomic E-state index is 5.93. The molecule has 0 aromatic heterocycles. The third-order valence-electron chi connectivity index (χ3n) is 10.5. The van der Waals surface area contributed by atoms with Crippen LogP contribution in [-0.4, -0.2) is 13.2 Å². The standard InChI is InChI=1S/C38H70O/c1-7-21-35-31-37(3,4)27-25-33(35)23-17-13-9-11-15-19-29-39-30-20-16-12-10-14-18-24-34-26-28-38(5,6)32-36(34)22-8-2/h7-8,33-36H,1-2,9-32H2,3-6H3/t33-,34-,35-,36-/m1/s1. The number of allylic oxidation sites excluding steroid dienone is 2. The predicted octanol–water partition coefficient (Wildman–Crippen LogP) is 12.5. The summed E-state index contributed by atoms with van der Waals surface area (Å²) < 4.78 is 5.93. The van der Waals surface area contributed by atoms with Crippen molar-refractivity contribution < 1.29 is 4.74 Å². The average Bonchev–Trinajstić information content (AvgIpc) is 2.88. The lowest BCUT2D eigenvalue weighted by atomic mass is 9.65. The van der Waals surface area contributed by atoms with E-state index in [1.807, 2.05) is 0 Å². The highest BCUT2D eigenvalue weighted by Crippen LogP contribution is 2.46. The van der Waals surface area contributed by atoms with Gasteiger partial charge in [-0.1, -0.05) is 117 Å². The van der Waals surface area contributed by atoms with E-state index < -0.39 is 0 Å². The highest BCUT2D eigenvalue weighted by atomic mass is 16.5. The monoisotopic (exact) mass is 543 g/mol. The van der Waals surface area contributed by atoms with Crippen molar-refractivity contribution in [2.75, 3.05) is 13.2 Å². The summed E-state index contributed by atoms with van der Waals surface area (Å²) in [4.78, 5) is 0. The third-order valence-corrected chi connectivity index (χ3v) is 10.5. The largest absolute Gasteiger partial charge is 0.381 e. The van der Waals surface area contributed by atoms with Crippen molar-refractivity contribution in [1.29, 1.82) is 0 Å². The molecule has 2 aliphatic rings. The maximum Gasteiger partial charge on any atom is 0.0466 e. The number of rotatable bonds is 22. The molecule has 4 atom stereocenters. The fourth-order valence-corrected chi connectivity index (χ4v) is 8.06. The molecule has 2 rings (SSSR count). The summed E-state index contributed by atoms with van der Waals surface area (Å²) in [5.41, 5.74) is 1.10. The number of ether oxygens (including phenoxy) is 1. The second-order valence-electron chi connectivity index (χ2n) is 15.3. The van der Waals surface area contributed by atoms with Crippen molar-refractivity contribution in [3.8, 4) is 0 Å². The fourth-order valence-electron chi connectivity index (χ4n) is 8.06. The first-order valence-corrected chi connectivity index (χ1v) is 17.6. The molecule has 39 heavy (non-hydrogen) atoms. The molecular formula is C38H70O. The Hall–Kier alpha value is -0.560. The molecule has 1 nitrogen and oxygen atoms in total. The second kappa shape index (κ2) is 19.5. The van der Waals surface area contributed by atoms with Crippen molar-refractivity contribution >= 4 is 0 Å². The lowest BCUT2D eigenvalue weighted by Crippen LogP contribution is -2.29. The molecule has 228 valence electrons. The van der Waals surface area contributed by atoms with Crippen molar-refractivity contribution in [1.82, 2.24) is 0 Å². The van der Waals surface area contributed by atoms with Gasteiger partial charge in [0.25, 0.3) is 0 Å². The van der Waals surface area contributed by atoms with Crippen LogP contribution in [0.4, 0.5) is 0 Å². The fraction of sp³-hybridized carbons (Fsp3) is 0.895. The van der Waals surface area contributed by atoms with Gasteiger partial charge in [-0.25, -0.2) is 0 Å². The van der Waals surface area contributed by atoms with E-state index in [4.69, 9.17) is 4.74 Å². The second-order valence-corrected chi connectivity index (χ2v) is 15.3. The molecule has 0 radical (unpaired) electrons. The van der Waals surface area contributed by atoms with Crippen LogP contribution in [0.5, 0.6) is 0 Å². The van der Waals surface area contributed by atoms with Gasteiger partial charge < -0.3 is 4.74 Å². The van der Waals surface area contributed by atoms with E-state index in [-0.39, 0.29) is 0 Å². The molecule has 0 unspecified atom stereocenters. The Bertz CT molecular complexity index is 577. The average molecular weight is 543 g/mol. The van der Waals surface area contributed by atoms with Crippen LogP contribution in [-0.2, 0) is 4.74 Å². The quantitative estimate of drug-likeness (QED) is 0.0976. The van der Waals surface area contributed by atoms with Gasteiger partial charge in [0.15, 0.2) is 0 Å². The van der Waals surface area contributed by atoms with Crippen LogP contribution in [0.1, 0.15) is 169 Å². The van der Waals surface area contributed by atoms with Gasteiger partial charge in [-0.2, -0.15) is 0 Å². The number of unbranched alkanes of at least 4 members (excludes halogenated alkanes) is 10. The van der Waals surface area contributed by atoms with Crippen molar-refractivity contribution in [3.63, 3.8) is 0 Å². The number of hydrogen-bond donors (Lipinski definition) is 0. The van der Waals surface area contributed by atoms with Gasteiger partial charge in [-0.3, -0.25) is 0 Å². The summed E-state index contributed by atoms with van der Waals surface area (Å²) in [5.74, 6) is 3.68. The molecular weight excluding hydrogens is 472 g/mol. The molecule has 0 bridgehead atoms. The Morgan fingerprint density at radius 3 is 1.28 bits per heavy atom. The first-order chi connectivity index (χ1) is 18.8. The zero-order chi connectivity index (χ0) is 28.4. The van der Waals surface area contributed by atoms with Crippen LogP contribution in [0.2, 0.25) is 0 Å². The lowest BCUT2D eigenvalue weighted by Gasteiger charge is -2.41. The molecule has 0 aliphatic heterocycles. The van der Waals surface area contributed by atoms with Gasteiger partial charge in [0.1, 0.15) is 0 Å². The number of hydrogen-bond acceptors (Lipinski definition) is 1. The van der Waals surface area contributed by atoms with E-state index in [2.05, 4.69) is 53.0 Å².